The quantitative estimate of drug-likeness (QED) is 0.0598. The third-order valence-electron chi connectivity index (χ3n) is 6.95. The maximum atomic E-state index is 13.2. The zero-order valence-electron chi connectivity index (χ0n) is 23.7. The monoisotopic (exact) mass is 693 g/mol. The molecule has 220 valence electrons. The summed E-state index contributed by atoms with van der Waals surface area (Å²) in [5, 5.41) is 2.76. The minimum Gasteiger partial charge on any atom is -0.465 e. The summed E-state index contributed by atoms with van der Waals surface area (Å²) in [4.78, 5) is 50.3. The standard InChI is InChI=1S/C30H38BINO7P/c1-38-14-5-9-27(35)24-8-4-7-22-26(19-40-29(37)18-31(32)41)25-17-20(11-12-23(25)30(22)24)16-21(34)6-3-10-28(36)33-13-15-39-2/h4,7-8,11-12,17,26H,3,5-6,9-10,13-16,18-19,41H2,1-2H3,(H,33,36). The normalized spacial score (nSPS) is 13.3. The number of hydrogen-bond acceptors (Lipinski definition) is 7. The maximum absolute atomic E-state index is 13.2. The van der Waals surface area contributed by atoms with Crippen molar-refractivity contribution in [3.8, 4) is 11.1 Å². The Morgan fingerprint density at radius 3 is 2.49 bits per heavy atom. The number of benzene rings is 2. The molecule has 1 amide bonds. The largest absolute Gasteiger partial charge is 0.465 e. The number of halogens is 1. The zero-order valence-corrected chi connectivity index (χ0v) is 27.0. The lowest BCUT2D eigenvalue weighted by Gasteiger charge is -2.15. The molecule has 2 atom stereocenters. The molecule has 1 N–H and O–H groups in total. The molecule has 1 aliphatic carbocycles. The average Bonchev–Trinajstić information content (AvgIpc) is 3.24. The molecule has 0 spiro atoms. The summed E-state index contributed by atoms with van der Waals surface area (Å²) in [5.41, 5.74) is 5.21. The Hall–Kier alpha value is -2.14. The van der Waals surface area contributed by atoms with Crippen molar-refractivity contribution in [2.75, 3.05) is 40.6 Å². The van der Waals surface area contributed by atoms with E-state index in [1.807, 2.05) is 36.4 Å². The number of Topliss-reactive ketones (excluding diaryl/α,β-unsaturated/α-hetero) is 2. The zero-order chi connectivity index (χ0) is 29.8. The summed E-state index contributed by atoms with van der Waals surface area (Å²) in [6.45, 7) is 1.57. The Labute approximate surface area is 258 Å². The van der Waals surface area contributed by atoms with Gasteiger partial charge in [0, 0.05) is 70.9 Å². The summed E-state index contributed by atoms with van der Waals surface area (Å²) in [7, 11) is 5.79. The highest BCUT2D eigenvalue weighted by Gasteiger charge is 2.33. The fourth-order valence-corrected chi connectivity index (χ4v) is 5.58. The van der Waals surface area contributed by atoms with E-state index in [-0.39, 0.29) is 59.4 Å². The first-order chi connectivity index (χ1) is 19.7. The molecule has 0 aliphatic heterocycles. The van der Waals surface area contributed by atoms with Crippen LogP contribution in [0, 0.1) is 0 Å². The Balaban J connectivity index is 1.79. The molecule has 2 aromatic rings. The van der Waals surface area contributed by atoms with Gasteiger partial charge in [-0.3, -0.25) is 19.2 Å². The van der Waals surface area contributed by atoms with E-state index in [4.69, 9.17) is 14.2 Å². The van der Waals surface area contributed by atoms with Gasteiger partial charge in [0.05, 0.1) is 6.61 Å². The minimum atomic E-state index is -0.279. The van der Waals surface area contributed by atoms with Gasteiger partial charge in [0.25, 0.3) is 10.3 Å². The number of nitrogens with one attached hydrogen (secondary N) is 1. The van der Waals surface area contributed by atoms with Gasteiger partial charge in [-0.2, -0.15) is 9.12 Å². The number of carbonyl (C=O) groups is 4. The number of amides is 1. The second-order valence-electron chi connectivity index (χ2n) is 10.1. The van der Waals surface area contributed by atoms with Crippen molar-refractivity contribution >= 4 is 59.2 Å². The first kappa shape index (κ1) is 33.4. The van der Waals surface area contributed by atoms with Crippen LogP contribution in [0.2, 0.25) is 6.32 Å². The molecule has 1 aliphatic rings. The van der Waals surface area contributed by atoms with Gasteiger partial charge in [0.1, 0.15) is 12.4 Å². The fourth-order valence-electron chi connectivity index (χ4n) is 5.03. The van der Waals surface area contributed by atoms with Crippen LogP contribution in [0.4, 0.5) is 0 Å². The van der Waals surface area contributed by atoms with Crippen LogP contribution in [0.15, 0.2) is 36.4 Å². The molecule has 0 bridgehead atoms. The number of methoxy groups -OCH3 is 2. The van der Waals surface area contributed by atoms with E-state index in [0.29, 0.717) is 51.0 Å². The third kappa shape index (κ3) is 9.98. The number of esters is 1. The van der Waals surface area contributed by atoms with Gasteiger partial charge < -0.3 is 19.5 Å². The lowest BCUT2D eigenvalue weighted by Crippen LogP contribution is -2.26. The smallest absolute Gasteiger partial charge is 0.299 e. The topological polar surface area (TPSA) is 108 Å². The summed E-state index contributed by atoms with van der Waals surface area (Å²) in [6.07, 6.45) is 2.62. The van der Waals surface area contributed by atoms with E-state index < -0.39 is 0 Å². The second kappa shape index (κ2) is 17.1. The van der Waals surface area contributed by atoms with Crippen molar-refractivity contribution in [2.24, 2.45) is 0 Å². The van der Waals surface area contributed by atoms with Gasteiger partial charge in [-0.1, -0.05) is 36.4 Å². The molecule has 0 heterocycles. The molecular formula is C30H38BINO7P. The van der Waals surface area contributed by atoms with Crippen LogP contribution in [0.5, 0.6) is 0 Å². The van der Waals surface area contributed by atoms with Crippen LogP contribution in [0.3, 0.4) is 0 Å². The summed E-state index contributed by atoms with van der Waals surface area (Å²) < 4.78 is 15.8. The van der Waals surface area contributed by atoms with Crippen LogP contribution < -0.4 is 5.32 Å². The molecule has 11 heteroatoms. The number of ketones is 2. The Bertz CT molecular complexity index is 1240. The van der Waals surface area contributed by atoms with Crippen molar-refractivity contribution in [3.63, 3.8) is 0 Å². The van der Waals surface area contributed by atoms with Crippen molar-refractivity contribution in [3.05, 3.63) is 58.7 Å². The van der Waals surface area contributed by atoms with Crippen molar-refractivity contribution in [2.45, 2.75) is 50.8 Å². The molecule has 41 heavy (non-hydrogen) atoms. The minimum absolute atomic E-state index is 0.0452. The van der Waals surface area contributed by atoms with Crippen LogP contribution >= 0.6 is 31.5 Å². The molecule has 3 rings (SSSR count). The van der Waals surface area contributed by atoms with Crippen LogP contribution in [0.1, 0.15) is 65.1 Å². The van der Waals surface area contributed by atoms with Gasteiger partial charge in [0.15, 0.2) is 5.78 Å². The highest BCUT2D eigenvalue weighted by molar-refractivity contribution is 14.1. The molecule has 0 fully saturated rings. The third-order valence-corrected chi connectivity index (χ3v) is 7.62. The van der Waals surface area contributed by atoms with Gasteiger partial charge in [-0.05, 0) is 40.7 Å². The summed E-state index contributed by atoms with van der Waals surface area (Å²) in [6, 6.07) is 11.6. The predicted molar refractivity (Wildman–Crippen MR) is 172 cm³/mol. The van der Waals surface area contributed by atoms with E-state index in [9.17, 15) is 19.2 Å². The molecular weight excluding hydrogens is 655 g/mol. The van der Waals surface area contributed by atoms with Crippen molar-refractivity contribution in [1.29, 1.82) is 0 Å². The molecule has 2 unspecified atom stereocenters. The molecule has 2 aromatic carbocycles. The van der Waals surface area contributed by atoms with Crippen LogP contribution in [-0.2, 0) is 35.0 Å². The van der Waals surface area contributed by atoms with Crippen molar-refractivity contribution in [1.82, 2.24) is 5.32 Å². The Kier molecular flexibility index (Phi) is 13.9. The molecule has 0 saturated heterocycles. The van der Waals surface area contributed by atoms with Crippen LogP contribution in [0.25, 0.3) is 11.1 Å². The van der Waals surface area contributed by atoms with E-state index >= 15 is 0 Å². The van der Waals surface area contributed by atoms with Gasteiger partial charge >= 0.3 is 0 Å². The van der Waals surface area contributed by atoms with Gasteiger partial charge in [0.2, 0.25) is 5.91 Å². The van der Waals surface area contributed by atoms with E-state index in [1.165, 1.54) is 0 Å². The summed E-state index contributed by atoms with van der Waals surface area (Å²) >= 11 is 2.16. The molecule has 0 radical (unpaired) electrons. The SMILES string of the molecule is COCCCC(=O)c1cccc2c1-c1ccc(CC(=O)CCCC(=O)NCCOC)cc1C2COC(=O)CB(P)I. The van der Waals surface area contributed by atoms with E-state index in [2.05, 4.69) is 36.8 Å². The Morgan fingerprint density at radius 1 is 0.976 bits per heavy atom. The number of hydrogen-bond donors (Lipinski definition) is 1. The van der Waals surface area contributed by atoms with Gasteiger partial charge in [-0.15, -0.1) is 22.4 Å². The second-order valence-corrected chi connectivity index (χ2v) is 13.8. The van der Waals surface area contributed by atoms with E-state index in [1.54, 1.807) is 14.2 Å². The number of ether oxygens (including phenoxy) is 3. The predicted octanol–water partition coefficient (Wildman–Crippen LogP) is 4.79. The Morgan fingerprint density at radius 2 is 1.76 bits per heavy atom. The number of carbonyl (C=O) groups excluding carboxylic acids is 4. The van der Waals surface area contributed by atoms with E-state index in [0.717, 1.165) is 27.8 Å². The molecule has 0 aromatic heterocycles. The highest BCUT2D eigenvalue weighted by Crippen LogP contribution is 2.47. The average molecular weight is 693 g/mol. The lowest BCUT2D eigenvalue weighted by atomic mass is 9.93. The number of rotatable bonds is 18. The summed E-state index contributed by atoms with van der Waals surface area (Å²) in [5.74, 6) is -0.511. The highest BCUT2D eigenvalue weighted by atomic mass is 127. The van der Waals surface area contributed by atoms with Crippen LogP contribution in [-0.4, -0.2) is 68.3 Å². The first-order valence-electron chi connectivity index (χ1n) is 13.9. The number of fused-ring (bicyclic) bond motifs is 3. The molecule has 8 nitrogen and oxygen atoms in total. The maximum Gasteiger partial charge on any atom is 0.299 e. The fraction of sp³-hybridized carbons (Fsp3) is 0.467. The van der Waals surface area contributed by atoms with Gasteiger partial charge in [-0.25, -0.2) is 0 Å². The molecule has 0 saturated carbocycles. The first-order valence-corrected chi connectivity index (χ1v) is 15.8. The van der Waals surface area contributed by atoms with Crippen molar-refractivity contribution < 1.29 is 33.4 Å². The lowest BCUT2D eigenvalue weighted by molar-refractivity contribution is -0.141.